The van der Waals surface area contributed by atoms with Gasteiger partial charge in [0.25, 0.3) is 0 Å². The van der Waals surface area contributed by atoms with Crippen LogP contribution in [0, 0.1) is 5.92 Å². The molecule has 4 nitrogen and oxygen atoms in total. The van der Waals surface area contributed by atoms with E-state index in [1.165, 1.54) is 32.1 Å². The van der Waals surface area contributed by atoms with E-state index in [1.807, 2.05) is 24.3 Å². The van der Waals surface area contributed by atoms with Gasteiger partial charge in [-0.2, -0.15) is 0 Å². The summed E-state index contributed by atoms with van der Waals surface area (Å²) in [5.41, 5.74) is 0.981. The summed E-state index contributed by atoms with van der Waals surface area (Å²) in [6, 6.07) is 6.34. The van der Waals surface area contributed by atoms with Crippen LogP contribution < -0.4 is 9.47 Å². The predicted octanol–water partition coefficient (Wildman–Crippen LogP) is 4.04. The van der Waals surface area contributed by atoms with Crippen molar-refractivity contribution in [1.29, 1.82) is 0 Å². The van der Waals surface area contributed by atoms with Crippen molar-refractivity contribution in [3.63, 3.8) is 0 Å². The van der Waals surface area contributed by atoms with Crippen molar-refractivity contribution >= 4 is 12.0 Å². The fourth-order valence-electron chi connectivity index (χ4n) is 4.45. The summed E-state index contributed by atoms with van der Waals surface area (Å²) < 4.78 is 11.4. The molecule has 1 aromatic rings. The Bertz CT molecular complexity index is 653. The Morgan fingerprint density at radius 3 is 2.72 bits per heavy atom. The molecule has 1 saturated carbocycles. The highest BCUT2D eigenvalue weighted by atomic mass is 16.5. The number of carbonyl (C=O) groups excluding carboxylic acids is 1. The van der Waals surface area contributed by atoms with Crippen molar-refractivity contribution in [3.8, 4) is 11.5 Å². The van der Waals surface area contributed by atoms with Gasteiger partial charge in [0.2, 0.25) is 5.91 Å². The van der Waals surface area contributed by atoms with Gasteiger partial charge in [-0.15, -0.1) is 0 Å². The molecule has 2 unspecified atom stereocenters. The minimum absolute atomic E-state index is 0.156. The number of rotatable bonds is 2. The topological polar surface area (TPSA) is 38.8 Å². The van der Waals surface area contributed by atoms with Crippen LogP contribution in [0.4, 0.5) is 0 Å². The molecule has 4 rings (SSSR count). The monoisotopic (exact) mass is 341 g/mol. The number of hydrogen-bond acceptors (Lipinski definition) is 3. The fourth-order valence-corrected chi connectivity index (χ4v) is 4.45. The predicted molar refractivity (Wildman–Crippen MR) is 97.8 cm³/mol. The fraction of sp³-hybridized carbons (Fsp3) is 0.571. The van der Waals surface area contributed by atoms with Crippen molar-refractivity contribution in [2.24, 2.45) is 5.92 Å². The molecule has 2 atom stereocenters. The Hall–Kier alpha value is -1.97. The molecule has 0 radical (unpaired) electrons. The standard InChI is InChI=1S/C21H27NO3/c23-21(22-12-3-6-17-5-1-2-7-18(17)22)11-9-16-8-10-19-20(15-16)25-14-4-13-24-19/h8-11,15,17-18H,1-7,12-14H2. The summed E-state index contributed by atoms with van der Waals surface area (Å²) in [6.07, 6.45) is 12.0. The minimum atomic E-state index is 0.156. The number of nitrogens with zero attached hydrogens (tertiary/aromatic N) is 1. The molecule has 2 aliphatic heterocycles. The molecule has 134 valence electrons. The number of fused-ring (bicyclic) bond motifs is 2. The van der Waals surface area contributed by atoms with Crippen LogP contribution >= 0.6 is 0 Å². The molecule has 0 spiro atoms. The zero-order valence-corrected chi connectivity index (χ0v) is 14.8. The smallest absolute Gasteiger partial charge is 0.246 e. The molecule has 25 heavy (non-hydrogen) atoms. The van der Waals surface area contributed by atoms with Gasteiger partial charge in [0, 0.05) is 25.1 Å². The van der Waals surface area contributed by atoms with Gasteiger partial charge in [-0.3, -0.25) is 4.79 Å². The molecule has 1 aromatic carbocycles. The van der Waals surface area contributed by atoms with E-state index >= 15 is 0 Å². The van der Waals surface area contributed by atoms with Gasteiger partial charge >= 0.3 is 0 Å². The molecular formula is C21H27NO3. The van der Waals surface area contributed by atoms with Crippen LogP contribution in [-0.2, 0) is 4.79 Å². The summed E-state index contributed by atoms with van der Waals surface area (Å²) in [5.74, 6) is 2.45. The summed E-state index contributed by atoms with van der Waals surface area (Å²) in [4.78, 5) is 14.9. The summed E-state index contributed by atoms with van der Waals surface area (Å²) >= 11 is 0. The summed E-state index contributed by atoms with van der Waals surface area (Å²) in [6.45, 7) is 2.28. The maximum atomic E-state index is 12.8. The first kappa shape index (κ1) is 16.5. The number of piperidine rings is 1. The molecule has 4 heteroatoms. The van der Waals surface area contributed by atoms with Crippen LogP contribution in [0.5, 0.6) is 11.5 Å². The zero-order valence-electron chi connectivity index (χ0n) is 14.8. The lowest BCUT2D eigenvalue weighted by atomic mass is 9.78. The van der Waals surface area contributed by atoms with Crippen LogP contribution in [0.2, 0.25) is 0 Å². The molecule has 0 bridgehead atoms. The highest BCUT2D eigenvalue weighted by Crippen LogP contribution is 2.35. The highest BCUT2D eigenvalue weighted by Gasteiger charge is 2.34. The van der Waals surface area contributed by atoms with E-state index in [2.05, 4.69) is 4.90 Å². The second-order valence-corrected chi connectivity index (χ2v) is 7.38. The number of benzene rings is 1. The third kappa shape index (κ3) is 3.68. The van der Waals surface area contributed by atoms with Gasteiger partial charge in [0.15, 0.2) is 11.5 Å². The van der Waals surface area contributed by atoms with Gasteiger partial charge in [-0.25, -0.2) is 0 Å². The van der Waals surface area contributed by atoms with Crippen molar-refractivity contribution in [1.82, 2.24) is 4.90 Å². The van der Waals surface area contributed by atoms with E-state index in [1.54, 1.807) is 6.08 Å². The van der Waals surface area contributed by atoms with Gasteiger partial charge < -0.3 is 14.4 Å². The third-order valence-electron chi connectivity index (χ3n) is 5.72. The number of hydrogen-bond donors (Lipinski definition) is 0. The van der Waals surface area contributed by atoms with Gasteiger partial charge in [0.05, 0.1) is 13.2 Å². The first-order chi connectivity index (χ1) is 12.3. The van der Waals surface area contributed by atoms with Crippen molar-refractivity contribution < 1.29 is 14.3 Å². The molecule has 0 N–H and O–H groups in total. The molecule has 2 heterocycles. The quantitative estimate of drug-likeness (QED) is 0.762. The maximum Gasteiger partial charge on any atom is 0.246 e. The minimum Gasteiger partial charge on any atom is -0.490 e. The third-order valence-corrected chi connectivity index (χ3v) is 5.72. The average molecular weight is 341 g/mol. The second kappa shape index (κ2) is 7.51. The summed E-state index contributed by atoms with van der Waals surface area (Å²) in [5, 5.41) is 0. The first-order valence-electron chi connectivity index (χ1n) is 9.69. The average Bonchev–Trinajstić information content (AvgIpc) is 2.90. The normalized spacial score (nSPS) is 26.2. The Morgan fingerprint density at radius 2 is 1.80 bits per heavy atom. The van der Waals surface area contributed by atoms with Crippen molar-refractivity contribution in [2.75, 3.05) is 19.8 Å². The van der Waals surface area contributed by atoms with E-state index < -0.39 is 0 Å². The van der Waals surface area contributed by atoms with Crippen LogP contribution in [-0.4, -0.2) is 36.6 Å². The molecule has 1 saturated heterocycles. The van der Waals surface area contributed by atoms with Crippen LogP contribution in [0.3, 0.4) is 0 Å². The lowest BCUT2D eigenvalue weighted by Crippen LogP contribution is -2.49. The Morgan fingerprint density at radius 1 is 1.00 bits per heavy atom. The van der Waals surface area contributed by atoms with Crippen molar-refractivity contribution in [3.05, 3.63) is 29.8 Å². The Labute approximate surface area is 149 Å². The number of likely N-dealkylation sites (tertiary alicyclic amines) is 1. The molecule has 2 fully saturated rings. The molecule has 1 amide bonds. The van der Waals surface area contributed by atoms with Crippen LogP contribution in [0.25, 0.3) is 6.08 Å². The van der Waals surface area contributed by atoms with Crippen molar-refractivity contribution in [2.45, 2.75) is 51.0 Å². The van der Waals surface area contributed by atoms with E-state index in [4.69, 9.17) is 9.47 Å². The van der Waals surface area contributed by atoms with Crippen LogP contribution in [0.1, 0.15) is 50.5 Å². The first-order valence-corrected chi connectivity index (χ1v) is 9.69. The van der Waals surface area contributed by atoms with E-state index in [0.29, 0.717) is 19.3 Å². The summed E-state index contributed by atoms with van der Waals surface area (Å²) in [7, 11) is 0. The molecule has 1 aliphatic carbocycles. The number of carbonyl (C=O) groups is 1. The SMILES string of the molecule is O=C(C=Cc1ccc2c(c1)OCCCO2)N1CCCC2CCCCC21. The van der Waals surface area contributed by atoms with Gasteiger partial charge in [-0.1, -0.05) is 18.9 Å². The van der Waals surface area contributed by atoms with Gasteiger partial charge in [0.1, 0.15) is 0 Å². The molecule has 3 aliphatic rings. The Kier molecular flexibility index (Phi) is 4.95. The lowest BCUT2D eigenvalue weighted by Gasteiger charge is -2.43. The van der Waals surface area contributed by atoms with Crippen LogP contribution in [0.15, 0.2) is 24.3 Å². The maximum absolute atomic E-state index is 12.8. The highest BCUT2D eigenvalue weighted by molar-refractivity contribution is 5.92. The molecule has 0 aromatic heterocycles. The number of ether oxygens (including phenoxy) is 2. The Balaban J connectivity index is 1.45. The van der Waals surface area contributed by atoms with E-state index in [0.717, 1.165) is 42.4 Å². The zero-order chi connectivity index (χ0) is 17.1. The number of amides is 1. The second-order valence-electron chi connectivity index (χ2n) is 7.38. The van der Waals surface area contributed by atoms with E-state index in [9.17, 15) is 4.79 Å². The lowest BCUT2D eigenvalue weighted by molar-refractivity contribution is -0.132. The largest absolute Gasteiger partial charge is 0.490 e. The van der Waals surface area contributed by atoms with E-state index in [-0.39, 0.29) is 5.91 Å². The van der Waals surface area contributed by atoms with Gasteiger partial charge in [-0.05, 0) is 55.4 Å². The molecular weight excluding hydrogens is 314 g/mol.